The average molecular weight is 367 g/mol. The summed E-state index contributed by atoms with van der Waals surface area (Å²) in [5.41, 5.74) is 1.51. The number of rotatable bonds is 8. The molecule has 1 unspecified atom stereocenters. The van der Waals surface area contributed by atoms with Crippen molar-refractivity contribution in [3.05, 3.63) is 71.8 Å². The van der Waals surface area contributed by atoms with Gasteiger partial charge >= 0.3 is 5.97 Å². The molecule has 144 valence electrons. The van der Waals surface area contributed by atoms with Gasteiger partial charge in [-0.2, -0.15) is 0 Å². The molecule has 0 N–H and O–H groups in total. The summed E-state index contributed by atoms with van der Waals surface area (Å²) in [4.78, 5) is 14.9. The Morgan fingerprint density at radius 3 is 2.19 bits per heavy atom. The van der Waals surface area contributed by atoms with E-state index in [2.05, 4.69) is 4.90 Å². The SMILES string of the molecule is O=C(OC(COCCN1CCCCCC1)c1ccccc1)c1ccccc1. The molecule has 0 aromatic heterocycles. The summed E-state index contributed by atoms with van der Waals surface area (Å²) >= 11 is 0. The van der Waals surface area contributed by atoms with Crippen LogP contribution in [0, 0.1) is 0 Å². The summed E-state index contributed by atoms with van der Waals surface area (Å²) in [6.45, 7) is 4.29. The fraction of sp³-hybridized carbons (Fsp3) is 0.435. The Morgan fingerprint density at radius 1 is 0.889 bits per heavy atom. The fourth-order valence-electron chi connectivity index (χ4n) is 3.38. The van der Waals surface area contributed by atoms with Gasteiger partial charge in [0.15, 0.2) is 6.10 Å². The Labute approximate surface area is 162 Å². The molecule has 0 spiro atoms. The van der Waals surface area contributed by atoms with Gasteiger partial charge in [-0.05, 0) is 43.6 Å². The van der Waals surface area contributed by atoms with Gasteiger partial charge in [0, 0.05) is 6.54 Å². The third-order valence-electron chi connectivity index (χ3n) is 4.95. The van der Waals surface area contributed by atoms with Crippen LogP contribution in [0.1, 0.15) is 47.7 Å². The van der Waals surface area contributed by atoms with Crippen LogP contribution in [-0.2, 0) is 9.47 Å². The van der Waals surface area contributed by atoms with Gasteiger partial charge in [-0.1, -0.05) is 61.4 Å². The lowest BCUT2D eigenvalue weighted by atomic mass is 10.1. The molecule has 2 aromatic rings. The second-order valence-corrected chi connectivity index (χ2v) is 7.00. The summed E-state index contributed by atoms with van der Waals surface area (Å²) in [5.74, 6) is -0.319. The highest BCUT2D eigenvalue weighted by Crippen LogP contribution is 2.20. The van der Waals surface area contributed by atoms with Crippen LogP contribution in [0.25, 0.3) is 0 Å². The quantitative estimate of drug-likeness (QED) is 0.509. The van der Waals surface area contributed by atoms with E-state index in [1.807, 2.05) is 48.5 Å². The smallest absolute Gasteiger partial charge is 0.338 e. The molecule has 0 amide bonds. The Morgan fingerprint density at radius 2 is 1.52 bits per heavy atom. The van der Waals surface area contributed by atoms with Crippen molar-refractivity contribution in [3.63, 3.8) is 0 Å². The zero-order valence-corrected chi connectivity index (χ0v) is 15.9. The molecule has 3 rings (SSSR count). The lowest BCUT2D eigenvalue weighted by Crippen LogP contribution is -2.29. The van der Waals surface area contributed by atoms with Crippen LogP contribution in [0.15, 0.2) is 60.7 Å². The van der Waals surface area contributed by atoms with Crippen LogP contribution in [0.2, 0.25) is 0 Å². The van der Waals surface area contributed by atoms with E-state index in [1.165, 1.54) is 25.7 Å². The molecular weight excluding hydrogens is 338 g/mol. The minimum Gasteiger partial charge on any atom is -0.451 e. The van der Waals surface area contributed by atoms with E-state index in [1.54, 1.807) is 12.1 Å². The molecule has 0 radical (unpaired) electrons. The van der Waals surface area contributed by atoms with Crippen molar-refractivity contribution in [1.82, 2.24) is 4.90 Å². The van der Waals surface area contributed by atoms with Crippen LogP contribution in [0.4, 0.5) is 0 Å². The molecule has 1 atom stereocenters. The van der Waals surface area contributed by atoms with Crippen LogP contribution in [0.3, 0.4) is 0 Å². The highest BCUT2D eigenvalue weighted by molar-refractivity contribution is 5.89. The Hall–Kier alpha value is -2.17. The lowest BCUT2D eigenvalue weighted by molar-refractivity contribution is -0.00865. The summed E-state index contributed by atoms with van der Waals surface area (Å²) in [5, 5.41) is 0. The number of esters is 1. The Balaban J connectivity index is 1.53. The number of benzene rings is 2. The van der Waals surface area contributed by atoms with Gasteiger partial charge in [-0.15, -0.1) is 0 Å². The monoisotopic (exact) mass is 367 g/mol. The molecule has 1 aliphatic rings. The van der Waals surface area contributed by atoms with Crippen molar-refractivity contribution in [3.8, 4) is 0 Å². The highest BCUT2D eigenvalue weighted by atomic mass is 16.6. The maximum Gasteiger partial charge on any atom is 0.338 e. The van der Waals surface area contributed by atoms with E-state index in [9.17, 15) is 4.79 Å². The van der Waals surface area contributed by atoms with Gasteiger partial charge in [0.05, 0.1) is 18.8 Å². The van der Waals surface area contributed by atoms with Gasteiger partial charge in [-0.3, -0.25) is 0 Å². The second kappa shape index (κ2) is 10.9. The van der Waals surface area contributed by atoms with Crippen molar-refractivity contribution in [1.29, 1.82) is 0 Å². The zero-order valence-electron chi connectivity index (χ0n) is 15.9. The van der Waals surface area contributed by atoms with Crippen molar-refractivity contribution >= 4 is 5.97 Å². The lowest BCUT2D eigenvalue weighted by Gasteiger charge is -2.22. The van der Waals surface area contributed by atoms with Crippen LogP contribution >= 0.6 is 0 Å². The Kier molecular flexibility index (Phi) is 7.87. The minimum absolute atomic E-state index is 0.319. The van der Waals surface area contributed by atoms with Gasteiger partial charge in [0.1, 0.15) is 0 Å². The number of ether oxygens (including phenoxy) is 2. The predicted octanol–water partition coefficient (Wildman–Crippen LogP) is 4.48. The first-order valence-corrected chi connectivity index (χ1v) is 9.94. The van der Waals surface area contributed by atoms with Crippen LogP contribution in [-0.4, -0.2) is 43.7 Å². The third kappa shape index (κ3) is 6.49. The minimum atomic E-state index is -0.400. The number of nitrogens with zero attached hydrogens (tertiary/aromatic N) is 1. The predicted molar refractivity (Wildman–Crippen MR) is 107 cm³/mol. The van der Waals surface area contributed by atoms with E-state index in [4.69, 9.17) is 9.47 Å². The molecule has 1 saturated heterocycles. The molecule has 0 bridgehead atoms. The van der Waals surface area contributed by atoms with Crippen LogP contribution in [0.5, 0.6) is 0 Å². The van der Waals surface area contributed by atoms with E-state index in [0.717, 1.165) is 25.2 Å². The third-order valence-corrected chi connectivity index (χ3v) is 4.95. The fourth-order valence-corrected chi connectivity index (χ4v) is 3.38. The summed E-state index contributed by atoms with van der Waals surface area (Å²) in [6.07, 6.45) is 4.83. The molecule has 1 heterocycles. The molecule has 1 fully saturated rings. The molecule has 4 nitrogen and oxygen atoms in total. The van der Waals surface area contributed by atoms with E-state index in [0.29, 0.717) is 18.8 Å². The first-order valence-electron chi connectivity index (χ1n) is 9.94. The standard InChI is InChI=1S/C23H29NO3/c25-23(21-13-7-4-8-14-21)27-22(20-11-5-3-6-12-20)19-26-18-17-24-15-9-1-2-10-16-24/h3-8,11-14,22H,1-2,9-10,15-19H2. The second-order valence-electron chi connectivity index (χ2n) is 7.00. The van der Waals surface area contributed by atoms with Gasteiger partial charge in [-0.25, -0.2) is 4.79 Å². The molecule has 4 heteroatoms. The van der Waals surface area contributed by atoms with Crippen molar-refractivity contribution in [2.45, 2.75) is 31.8 Å². The molecule has 2 aromatic carbocycles. The van der Waals surface area contributed by atoms with E-state index < -0.39 is 6.10 Å². The zero-order chi connectivity index (χ0) is 18.7. The van der Waals surface area contributed by atoms with Crippen molar-refractivity contribution < 1.29 is 14.3 Å². The molecule has 1 aliphatic heterocycles. The van der Waals surface area contributed by atoms with Crippen LogP contribution < -0.4 is 0 Å². The number of hydrogen-bond donors (Lipinski definition) is 0. The first kappa shape index (κ1) is 19.6. The molecular formula is C23H29NO3. The maximum absolute atomic E-state index is 12.5. The first-order chi connectivity index (χ1) is 13.3. The maximum atomic E-state index is 12.5. The Bertz CT molecular complexity index is 667. The van der Waals surface area contributed by atoms with E-state index >= 15 is 0 Å². The van der Waals surface area contributed by atoms with Gasteiger partial charge in [0.25, 0.3) is 0 Å². The normalized spacial score (nSPS) is 16.4. The number of carbonyl (C=O) groups excluding carboxylic acids is 1. The highest BCUT2D eigenvalue weighted by Gasteiger charge is 2.18. The van der Waals surface area contributed by atoms with Crippen molar-refractivity contribution in [2.75, 3.05) is 32.8 Å². The van der Waals surface area contributed by atoms with Gasteiger partial charge < -0.3 is 14.4 Å². The number of hydrogen-bond acceptors (Lipinski definition) is 4. The summed E-state index contributed by atoms with van der Waals surface area (Å²) in [7, 11) is 0. The van der Waals surface area contributed by atoms with Gasteiger partial charge in [0.2, 0.25) is 0 Å². The van der Waals surface area contributed by atoms with Crippen molar-refractivity contribution in [2.24, 2.45) is 0 Å². The molecule has 27 heavy (non-hydrogen) atoms. The molecule has 0 aliphatic carbocycles. The van der Waals surface area contributed by atoms with E-state index in [-0.39, 0.29) is 5.97 Å². The summed E-state index contributed by atoms with van der Waals surface area (Å²) < 4.78 is 11.7. The average Bonchev–Trinajstić information content (AvgIpc) is 3.00. The molecule has 0 saturated carbocycles. The number of carbonyl (C=O) groups is 1. The largest absolute Gasteiger partial charge is 0.451 e. The topological polar surface area (TPSA) is 38.8 Å². The summed E-state index contributed by atoms with van der Waals surface area (Å²) in [6, 6.07) is 18.9. The number of likely N-dealkylation sites (tertiary alicyclic amines) is 1.